The molecule has 2 fully saturated rings. The maximum Gasteiger partial charge on any atom is 0.319 e. The van der Waals surface area contributed by atoms with Crippen LogP contribution in [0.3, 0.4) is 0 Å². The molecule has 0 radical (unpaired) electrons. The summed E-state index contributed by atoms with van der Waals surface area (Å²) in [4.78, 5) is 31.1. The van der Waals surface area contributed by atoms with Crippen LogP contribution in [0.5, 0.6) is 6.01 Å². The van der Waals surface area contributed by atoms with Gasteiger partial charge in [0, 0.05) is 57.9 Å². The number of hydrogen-bond donors (Lipinski definition) is 1. The third-order valence-electron chi connectivity index (χ3n) is 7.03. The lowest BCUT2D eigenvalue weighted by Crippen LogP contribution is -2.40. The summed E-state index contributed by atoms with van der Waals surface area (Å²) in [5, 5.41) is 0. The van der Waals surface area contributed by atoms with Gasteiger partial charge in [0.25, 0.3) is 6.01 Å². The average Bonchev–Trinajstić information content (AvgIpc) is 3.15. The van der Waals surface area contributed by atoms with Crippen molar-refractivity contribution in [2.75, 3.05) is 58.4 Å². The summed E-state index contributed by atoms with van der Waals surface area (Å²) in [5.41, 5.74) is 5.98. The minimum absolute atomic E-state index is 0.0170. The number of amides is 2. The van der Waals surface area contributed by atoms with Gasteiger partial charge in [-0.25, -0.2) is 9.78 Å². The lowest BCUT2D eigenvalue weighted by molar-refractivity contribution is 0.122. The fourth-order valence-electron chi connectivity index (χ4n) is 5.00. The summed E-state index contributed by atoms with van der Waals surface area (Å²) in [5.74, 6) is 0. The molecule has 192 valence electrons. The number of aromatic amines is 1. The number of pyridine rings is 1. The van der Waals surface area contributed by atoms with Crippen LogP contribution in [0.2, 0.25) is 0 Å². The average molecular weight is 493 g/mol. The van der Waals surface area contributed by atoms with Crippen molar-refractivity contribution < 1.29 is 14.3 Å². The zero-order valence-corrected chi connectivity index (χ0v) is 21.5. The number of hydrogen-bond acceptors (Lipinski definition) is 6. The van der Waals surface area contributed by atoms with E-state index in [9.17, 15) is 4.79 Å². The molecule has 2 saturated heterocycles. The van der Waals surface area contributed by atoms with Gasteiger partial charge in [0.1, 0.15) is 6.10 Å². The Kier molecular flexibility index (Phi) is 7.27. The Bertz CT molecular complexity index is 1190. The minimum atomic E-state index is 0.0170. The molecule has 1 atom stereocenters. The fourth-order valence-corrected chi connectivity index (χ4v) is 5.00. The van der Waals surface area contributed by atoms with Crippen molar-refractivity contribution in [3.63, 3.8) is 0 Å². The highest BCUT2D eigenvalue weighted by atomic mass is 16.5. The van der Waals surface area contributed by atoms with Crippen LogP contribution in [0.4, 0.5) is 10.5 Å². The second-order valence-corrected chi connectivity index (χ2v) is 9.74. The third-order valence-corrected chi connectivity index (χ3v) is 7.03. The van der Waals surface area contributed by atoms with Crippen LogP contribution in [-0.2, 0) is 11.2 Å². The molecule has 2 aromatic heterocycles. The van der Waals surface area contributed by atoms with E-state index < -0.39 is 0 Å². The first kappa shape index (κ1) is 24.4. The number of benzene rings is 1. The van der Waals surface area contributed by atoms with E-state index in [4.69, 9.17) is 14.5 Å². The van der Waals surface area contributed by atoms with Crippen molar-refractivity contribution in [3.05, 3.63) is 35.9 Å². The first-order chi connectivity index (χ1) is 17.5. The number of aryl methyl sites for hydroxylation is 1. The molecule has 36 heavy (non-hydrogen) atoms. The number of fused-ring (bicyclic) bond motifs is 1. The Morgan fingerprint density at radius 1 is 1.11 bits per heavy atom. The Hall–Kier alpha value is -3.33. The molecule has 2 aliphatic rings. The van der Waals surface area contributed by atoms with Crippen molar-refractivity contribution in [3.8, 4) is 17.3 Å². The molecule has 2 aliphatic heterocycles. The monoisotopic (exact) mass is 492 g/mol. The molecule has 0 aliphatic carbocycles. The number of anilines is 1. The van der Waals surface area contributed by atoms with Crippen molar-refractivity contribution in [1.82, 2.24) is 24.8 Å². The van der Waals surface area contributed by atoms with Crippen molar-refractivity contribution in [2.45, 2.75) is 38.7 Å². The molecule has 0 spiro atoms. The Balaban J connectivity index is 1.32. The van der Waals surface area contributed by atoms with Gasteiger partial charge in [0.05, 0.1) is 24.4 Å². The van der Waals surface area contributed by atoms with Gasteiger partial charge < -0.3 is 29.2 Å². The summed E-state index contributed by atoms with van der Waals surface area (Å²) >= 11 is 0. The molecular weight excluding hydrogens is 456 g/mol. The van der Waals surface area contributed by atoms with Crippen molar-refractivity contribution in [1.29, 1.82) is 0 Å². The molecule has 4 heterocycles. The molecule has 1 unspecified atom stereocenters. The third kappa shape index (κ3) is 5.26. The summed E-state index contributed by atoms with van der Waals surface area (Å²) in [6.07, 6.45) is 3.47. The second kappa shape index (κ2) is 10.7. The van der Waals surface area contributed by atoms with Gasteiger partial charge in [0.15, 0.2) is 5.65 Å². The van der Waals surface area contributed by atoms with E-state index in [1.54, 1.807) is 19.0 Å². The molecule has 1 N–H and O–H groups in total. The quantitative estimate of drug-likeness (QED) is 0.581. The standard InChI is InChI=1S/C27H36N6O3/c1-4-19-18-23-25(29-24(19)20-7-9-21(10-8-20)32-14-16-35-17-15-32)30-26(28-23)36-22-6-5-12-33(13-11-22)27(34)31(2)3/h7-10,18,22H,4-6,11-17H2,1-3H3,(H,28,29,30). The number of likely N-dealkylation sites (tertiary alicyclic amines) is 1. The molecule has 0 saturated carbocycles. The minimum Gasteiger partial charge on any atom is -0.461 e. The van der Waals surface area contributed by atoms with Crippen LogP contribution in [0.1, 0.15) is 31.7 Å². The largest absolute Gasteiger partial charge is 0.461 e. The number of carbonyl (C=O) groups is 1. The molecule has 0 bridgehead atoms. The van der Waals surface area contributed by atoms with Gasteiger partial charge in [-0.05, 0) is 43.0 Å². The molecule has 9 heteroatoms. The number of H-pyrrole nitrogens is 1. The molecule has 5 rings (SSSR count). The number of imidazole rings is 1. The van der Waals surface area contributed by atoms with Crippen LogP contribution in [-0.4, -0.2) is 90.4 Å². The smallest absolute Gasteiger partial charge is 0.319 e. The summed E-state index contributed by atoms with van der Waals surface area (Å²) < 4.78 is 11.7. The van der Waals surface area contributed by atoms with Crippen LogP contribution >= 0.6 is 0 Å². The lowest BCUT2D eigenvalue weighted by atomic mass is 10.0. The molecule has 9 nitrogen and oxygen atoms in total. The first-order valence-electron chi connectivity index (χ1n) is 13.0. The number of aromatic nitrogens is 3. The number of carbonyl (C=O) groups excluding carboxylic acids is 1. The van der Waals surface area contributed by atoms with Gasteiger partial charge in [-0.1, -0.05) is 19.1 Å². The van der Waals surface area contributed by atoms with E-state index in [0.717, 1.165) is 75.3 Å². The van der Waals surface area contributed by atoms with E-state index in [0.29, 0.717) is 18.2 Å². The van der Waals surface area contributed by atoms with E-state index in [1.807, 2.05) is 4.90 Å². The number of nitrogens with one attached hydrogen (secondary N) is 1. The Morgan fingerprint density at radius 2 is 1.89 bits per heavy atom. The number of ether oxygens (including phenoxy) is 2. The van der Waals surface area contributed by atoms with Gasteiger partial charge >= 0.3 is 6.03 Å². The van der Waals surface area contributed by atoms with Crippen LogP contribution in [0.25, 0.3) is 22.4 Å². The SMILES string of the molecule is CCc1cc2[nH]c(OC3CCCN(C(=O)N(C)C)CC3)nc2nc1-c1ccc(N2CCOCC2)cc1. The summed E-state index contributed by atoms with van der Waals surface area (Å²) in [7, 11) is 3.58. The normalized spacial score (nSPS) is 18.8. The van der Waals surface area contributed by atoms with Crippen LogP contribution in [0.15, 0.2) is 30.3 Å². The van der Waals surface area contributed by atoms with Crippen LogP contribution in [0, 0.1) is 0 Å². The maximum atomic E-state index is 12.3. The summed E-state index contributed by atoms with van der Waals surface area (Å²) in [6, 6.07) is 11.3. The number of nitrogens with zero attached hydrogens (tertiary/aromatic N) is 5. The fraction of sp³-hybridized carbons (Fsp3) is 0.519. The Labute approximate surface area is 212 Å². The first-order valence-corrected chi connectivity index (χ1v) is 13.0. The highest BCUT2D eigenvalue weighted by Gasteiger charge is 2.23. The molecule has 1 aromatic carbocycles. The lowest BCUT2D eigenvalue weighted by Gasteiger charge is -2.28. The maximum absolute atomic E-state index is 12.3. The van der Waals surface area contributed by atoms with Crippen molar-refractivity contribution in [2.24, 2.45) is 0 Å². The number of morpholine rings is 1. The van der Waals surface area contributed by atoms with Gasteiger partial charge in [-0.3, -0.25) is 0 Å². The molecule has 3 aromatic rings. The highest BCUT2D eigenvalue weighted by Crippen LogP contribution is 2.29. The Morgan fingerprint density at radius 3 is 2.61 bits per heavy atom. The number of rotatable bonds is 5. The van der Waals surface area contributed by atoms with E-state index in [-0.39, 0.29) is 12.1 Å². The van der Waals surface area contributed by atoms with Gasteiger partial charge in [-0.2, -0.15) is 4.98 Å². The molecule has 2 amide bonds. The van der Waals surface area contributed by atoms with E-state index in [1.165, 1.54) is 11.3 Å². The second-order valence-electron chi connectivity index (χ2n) is 9.74. The summed E-state index contributed by atoms with van der Waals surface area (Å²) in [6.45, 7) is 6.98. The van der Waals surface area contributed by atoms with Gasteiger partial charge in [0.2, 0.25) is 0 Å². The zero-order chi connectivity index (χ0) is 25.1. The predicted molar refractivity (Wildman–Crippen MR) is 141 cm³/mol. The topological polar surface area (TPSA) is 86.8 Å². The van der Waals surface area contributed by atoms with E-state index in [2.05, 4.69) is 52.1 Å². The van der Waals surface area contributed by atoms with Gasteiger partial charge in [-0.15, -0.1) is 0 Å². The van der Waals surface area contributed by atoms with Crippen LogP contribution < -0.4 is 9.64 Å². The molecular formula is C27H36N6O3. The zero-order valence-electron chi connectivity index (χ0n) is 21.5. The number of urea groups is 1. The highest BCUT2D eigenvalue weighted by molar-refractivity contribution is 5.79. The van der Waals surface area contributed by atoms with Crippen molar-refractivity contribution >= 4 is 22.9 Å². The predicted octanol–water partition coefficient (Wildman–Crippen LogP) is 3.94. The van der Waals surface area contributed by atoms with E-state index >= 15 is 0 Å².